The first-order chi connectivity index (χ1) is 30.7. The first-order valence-electron chi connectivity index (χ1n) is 28.2. The molecule has 0 radical (unpaired) electrons. The van der Waals surface area contributed by atoms with Crippen LogP contribution in [0, 0.1) is 11.8 Å². The fraction of sp³-hybridized carbons (Fsp3) is 0.947. The Morgan fingerprint density at radius 2 is 0.524 bits per heavy atom. The zero-order chi connectivity index (χ0) is 46.1. The first kappa shape index (κ1) is 61.4. The third-order valence-corrected chi connectivity index (χ3v) is 13.0. The van der Waals surface area contributed by atoms with Crippen LogP contribution in [0.4, 0.5) is 0 Å². The van der Waals surface area contributed by atoms with Gasteiger partial charge in [-0.2, -0.15) is 0 Å². The summed E-state index contributed by atoms with van der Waals surface area (Å²) in [6, 6.07) is 0. The van der Waals surface area contributed by atoms with Crippen molar-refractivity contribution in [3.8, 4) is 0 Å². The van der Waals surface area contributed by atoms with Crippen molar-refractivity contribution >= 4 is 17.9 Å². The molecule has 0 rings (SSSR count). The monoisotopic (exact) mass is 891 g/mol. The largest absolute Gasteiger partial charge is 0.462 e. The SMILES string of the molecule is CCCCCCCCCCCCCC(=O)OC[C@@H](COC(=O)CCCCCCCCCCCCCCC(C)C)OC(=O)CCCCCCCCCCCCCCCCCCC(C)C. The molecular weight excluding hydrogens is 781 g/mol. The molecule has 0 amide bonds. The smallest absolute Gasteiger partial charge is 0.306 e. The van der Waals surface area contributed by atoms with E-state index in [0.717, 1.165) is 69.6 Å². The number of carbonyl (C=O) groups is 3. The predicted octanol–water partition coefficient (Wildman–Crippen LogP) is 18.5. The molecule has 63 heavy (non-hydrogen) atoms. The molecule has 0 saturated heterocycles. The van der Waals surface area contributed by atoms with E-state index < -0.39 is 6.10 Å². The van der Waals surface area contributed by atoms with E-state index in [0.29, 0.717) is 19.3 Å². The van der Waals surface area contributed by atoms with Crippen molar-refractivity contribution < 1.29 is 28.6 Å². The number of hydrogen-bond donors (Lipinski definition) is 0. The van der Waals surface area contributed by atoms with Crippen molar-refractivity contribution in [3.05, 3.63) is 0 Å². The minimum atomic E-state index is -0.762. The molecule has 0 aromatic rings. The van der Waals surface area contributed by atoms with E-state index in [1.165, 1.54) is 205 Å². The second kappa shape index (κ2) is 49.8. The van der Waals surface area contributed by atoms with Crippen molar-refractivity contribution in [2.45, 2.75) is 323 Å². The van der Waals surface area contributed by atoms with Crippen LogP contribution >= 0.6 is 0 Å². The number of unbranched alkanes of at least 4 members (excludes halogenated alkanes) is 36. The molecule has 0 saturated carbocycles. The summed E-state index contributed by atoms with van der Waals surface area (Å²) >= 11 is 0. The van der Waals surface area contributed by atoms with Crippen LogP contribution in [0.1, 0.15) is 317 Å². The fourth-order valence-corrected chi connectivity index (χ4v) is 8.70. The van der Waals surface area contributed by atoms with Crippen molar-refractivity contribution in [1.29, 1.82) is 0 Å². The lowest BCUT2D eigenvalue weighted by atomic mass is 10.0. The molecule has 0 aliphatic rings. The van der Waals surface area contributed by atoms with Crippen molar-refractivity contribution in [2.24, 2.45) is 11.8 Å². The fourth-order valence-electron chi connectivity index (χ4n) is 8.70. The third-order valence-electron chi connectivity index (χ3n) is 13.0. The molecule has 0 bridgehead atoms. The summed E-state index contributed by atoms with van der Waals surface area (Å²) in [6.45, 7) is 11.4. The summed E-state index contributed by atoms with van der Waals surface area (Å²) in [4.78, 5) is 38.0. The van der Waals surface area contributed by atoms with Crippen LogP contribution in [-0.4, -0.2) is 37.2 Å². The molecule has 6 nitrogen and oxygen atoms in total. The van der Waals surface area contributed by atoms with Gasteiger partial charge in [-0.25, -0.2) is 0 Å². The average Bonchev–Trinajstić information content (AvgIpc) is 3.25. The van der Waals surface area contributed by atoms with Gasteiger partial charge in [0, 0.05) is 19.3 Å². The minimum Gasteiger partial charge on any atom is -0.462 e. The molecule has 0 aliphatic carbocycles. The van der Waals surface area contributed by atoms with Gasteiger partial charge in [0.05, 0.1) is 0 Å². The number of rotatable bonds is 51. The van der Waals surface area contributed by atoms with Crippen LogP contribution in [0.2, 0.25) is 0 Å². The van der Waals surface area contributed by atoms with Gasteiger partial charge in [0.15, 0.2) is 6.10 Å². The number of carbonyl (C=O) groups excluding carboxylic acids is 3. The zero-order valence-electron chi connectivity index (χ0n) is 43.2. The van der Waals surface area contributed by atoms with Gasteiger partial charge in [-0.15, -0.1) is 0 Å². The van der Waals surface area contributed by atoms with Gasteiger partial charge < -0.3 is 14.2 Å². The van der Waals surface area contributed by atoms with E-state index in [-0.39, 0.29) is 31.1 Å². The molecule has 0 heterocycles. The van der Waals surface area contributed by atoms with Crippen molar-refractivity contribution in [3.63, 3.8) is 0 Å². The quantitative estimate of drug-likeness (QED) is 0.0344. The van der Waals surface area contributed by atoms with Gasteiger partial charge in [-0.1, -0.05) is 279 Å². The van der Waals surface area contributed by atoms with Crippen LogP contribution in [0.3, 0.4) is 0 Å². The lowest BCUT2D eigenvalue weighted by Gasteiger charge is -2.18. The summed E-state index contributed by atoms with van der Waals surface area (Å²) in [6.07, 6.45) is 52.3. The van der Waals surface area contributed by atoms with Gasteiger partial charge in [0.1, 0.15) is 13.2 Å². The Morgan fingerprint density at radius 3 is 0.778 bits per heavy atom. The number of esters is 3. The highest BCUT2D eigenvalue weighted by Crippen LogP contribution is 2.18. The Morgan fingerprint density at radius 1 is 0.302 bits per heavy atom. The lowest BCUT2D eigenvalue weighted by Crippen LogP contribution is -2.30. The summed E-state index contributed by atoms with van der Waals surface area (Å²) in [7, 11) is 0. The molecule has 0 aliphatic heterocycles. The highest BCUT2D eigenvalue weighted by Gasteiger charge is 2.19. The first-order valence-corrected chi connectivity index (χ1v) is 28.2. The second-order valence-corrected chi connectivity index (χ2v) is 20.5. The Kier molecular flexibility index (Phi) is 48.6. The van der Waals surface area contributed by atoms with Crippen molar-refractivity contribution in [2.75, 3.05) is 13.2 Å². The molecule has 0 spiro atoms. The van der Waals surface area contributed by atoms with Gasteiger partial charge in [0.2, 0.25) is 0 Å². The van der Waals surface area contributed by atoms with Gasteiger partial charge >= 0.3 is 17.9 Å². The molecule has 0 aromatic heterocycles. The van der Waals surface area contributed by atoms with E-state index in [1.807, 2.05) is 0 Å². The molecule has 0 aromatic carbocycles. The Labute approximate surface area is 393 Å². The van der Waals surface area contributed by atoms with E-state index in [4.69, 9.17) is 14.2 Å². The Bertz CT molecular complexity index is 962. The number of hydrogen-bond acceptors (Lipinski definition) is 6. The van der Waals surface area contributed by atoms with Gasteiger partial charge in [-0.3, -0.25) is 14.4 Å². The predicted molar refractivity (Wildman–Crippen MR) is 270 cm³/mol. The maximum Gasteiger partial charge on any atom is 0.306 e. The highest BCUT2D eigenvalue weighted by atomic mass is 16.6. The van der Waals surface area contributed by atoms with Crippen molar-refractivity contribution in [1.82, 2.24) is 0 Å². The lowest BCUT2D eigenvalue weighted by molar-refractivity contribution is -0.167. The van der Waals surface area contributed by atoms with E-state index in [1.54, 1.807) is 0 Å². The maximum absolute atomic E-state index is 12.8. The Balaban J connectivity index is 4.26. The standard InChI is InChI=1S/C57H110O6/c1-6-7-8-9-10-11-20-27-32-37-42-47-55(58)61-50-54(51-62-56(59)48-43-38-33-28-23-19-18-22-26-31-36-41-46-53(4)5)63-57(60)49-44-39-34-29-24-17-15-13-12-14-16-21-25-30-35-40-45-52(2)3/h52-54H,6-51H2,1-5H3/t54-/m0/s1. The topological polar surface area (TPSA) is 78.9 Å². The van der Waals surface area contributed by atoms with Crippen LogP contribution < -0.4 is 0 Å². The summed E-state index contributed by atoms with van der Waals surface area (Å²) in [5, 5.41) is 0. The normalized spacial score (nSPS) is 12.0. The third kappa shape index (κ3) is 51.3. The maximum atomic E-state index is 12.8. The molecule has 1 atom stereocenters. The van der Waals surface area contributed by atoms with Gasteiger partial charge in [0.25, 0.3) is 0 Å². The van der Waals surface area contributed by atoms with Crippen LogP contribution in [0.25, 0.3) is 0 Å². The number of ether oxygens (including phenoxy) is 3. The average molecular weight is 892 g/mol. The summed E-state index contributed by atoms with van der Waals surface area (Å²) < 4.78 is 16.9. The zero-order valence-corrected chi connectivity index (χ0v) is 43.2. The molecule has 0 unspecified atom stereocenters. The van der Waals surface area contributed by atoms with E-state index >= 15 is 0 Å². The molecular formula is C57H110O6. The van der Waals surface area contributed by atoms with E-state index in [9.17, 15) is 14.4 Å². The van der Waals surface area contributed by atoms with E-state index in [2.05, 4.69) is 34.6 Å². The molecule has 0 fully saturated rings. The summed E-state index contributed by atoms with van der Waals surface area (Å²) in [5.74, 6) is 0.844. The summed E-state index contributed by atoms with van der Waals surface area (Å²) in [5.41, 5.74) is 0. The van der Waals surface area contributed by atoms with Gasteiger partial charge in [-0.05, 0) is 31.1 Å². The minimum absolute atomic E-state index is 0.0629. The molecule has 374 valence electrons. The Hall–Kier alpha value is -1.59. The highest BCUT2D eigenvalue weighted by molar-refractivity contribution is 5.71. The van der Waals surface area contributed by atoms with Crippen LogP contribution in [-0.2, 0) is 28.6 Å². The second-order valence-electron chi connectivity index (χ2n) is 20.5. The molecule has 6 heteroatoms. The van der Waals surface area contributed by atoms with Crippen LogP contribution in [0.15, 0.2) is 0 Å². The van der Waals surface area contributed by atoms with Crippen LogP contribution in [0.5, 0.6) is 0 Å². The molecule has 0 N–H and O–H groups in total.